The van der Waals surface area contributed by atoms with Crippen LogP contribution in [0.15, 0.2) is 23.6 Å². The Bertz CT molecular complexity index is 1010. The number of amides is 3. The van der Waals surface area contributed by atoms with Gasteiger partial charge in [0.05, 0.1) is 16.3 Å². The highest BCUT2D eigenvalue weighted by Crippen LogP contribution is 2.33. The number of aromatic nitrogens is 1. The second-order valence-electron chi connectivity index (χ2n) is 8.51. The van der Waals surface area contributed by atoms with Crippen molar-refractivity contribution in [2.24, 2.45) is 11.7 Å². The number of hydrogen-bond donors (Lipinski definition) is 2. The van der Waals surface area contributed by atoms with Crippen LogP contribution >= 0.6 is 22.9 Å². The first-order chi connectivity index (χ1) is 15.4. The van der Waals surface area contributed by atoms with Crippen LogP contribution in [0.1, 0.15) is 76.7 Å². The van der Waals surface area contributed by atoms with Crippen LogP contribution in [0, 0.1) is 5.92 Å². The molecule has 1 aromatic heterocycles. The zero-order valence-corrected chi connectivity index (χ0v) is 19.4. The van der Waals surface area contributed by atoms with E-state index in [0.29, 0.717) is 22.3 Å². The van der Waals surface area contributed by atoms with Gasteiger partial charge in [0.15, 0.2) is 0 Å². The van der Waals surface area contributed by atoms with Gasteiger partial charge in [-0.15, -0.1) is 11.3 Å². The fourth-order valence-electron chi connectivity index (χ4n) is 4.55. The summed E-state index contributed by atoms with van der Waals surface area (Å²) in [7, 11) is 0. The molecule has 3 amide bonds. The van der Waals surface area contributed by atoms with Crippen molar-refractivity contribution in [2.45, 2.75) is 50.9 Å². The average Bonchev–Trinajstić information content (AvgIpc) is 3.31. The Labute approximate surface area is 196 Å². The maximum absolute atomic E-state index is 12.8. The number of benzene rings is 1. The van der Waals surface area contributed by atoms with Gasteiger partial charge < -0.3 is 16.0 Å². The highest BCUT2D eigenvalue weighted by molar-refractivity contribution is 7.10. The number of carbonyl (C=O) groups is 3. The van der Waals surface area contributed by atoms with Crippen molar-refractivity contribution in [2.75, 3.05) is 18.4 Å². The summed E-state index contributed by atoms with van der Waals surface area (Å²) >= 11 is 7.38. The molecular weight excluding hydrogens is 448 g/mol. The normalized spacial score (nSPS) is 17.8. The number of halogens is 1. The Morgan fingerprint density at radius 3 is 2.50 bits per heavy atom. The van der Waals surface area contributed by atoms with Crippen LogP contribution in [0.5, 0.6) is 0 Å². The molecule has 1 aliphatic carbocycles. The molecule has 3 N–H and O–H groups in total. The van der Waals surface area contributed by atoms with Crippen molar-refractivity contribution >= 4 is 46.3 Å². The Hall–Kier alpha value is -2.45. The van der Waals surface area contributed by atoms with Crippen molar-refractivity contribution in [3.63, 3.8) is 0 Å². The van der Waals surface area contributed by atoms with Crippen molar-refractivity contribution < 1.29 is 14.4 Å². The van der Waals surface area contributed by atoms with Crippen LogP contribution in [-0.2, 0) is 4.79 Å². The van der Waals surface area contributed by atoms with Gasteiger partial charge in [-0.1, -0.05) is 30.9 Å². The summed E-state index contributed by atoms with van der Waals surface area (Å²) in [6.45, 7) is 1.49. The van der Waals surface area contributed by atoms with Crippen molar-refractivity contribution in [3.05, 3.63) is 44.9 Å². The molecule has 0 atom stereocenters. The van der Waals surface area contributed by atoms with Crippen molar-refractivity contribution in [1.29, 1.82) is 0 Å². The lowest BCUT2D eigenvalue weighted by molar-refractivity contribution is -0.137. The molecule has 7 nitrogen and oxygen atoms in total. The van der Waals surface area contributed by atoms with Gasteiger partial charge in [0, 0.05) is 35.3 Å². The smallest absolute Gasteiger partial charge is 0.275 e. The minimum Gasteiger partial charge on any atom is -0.366 e. The number of primary amides is 1. The molecule has 0 unspecified atom stereocenters. The van der Waals surface area contributed by atoms with Crippen LogP contribution in [0.4, 0.5) is 5.69 Å². The molecular formula is C23H27ClN4O3S. The molecule has 1 aliphatic heterocycles. The lowest BCUT2D eigenvalue weighted by Gasteiger charge is -2.34. The molecule has 4 rings (SSSR count). The molecule has 0 radical (unpaired) electrons. The van der Waals surface area contributed by atoms with Crippen LogP contribution < -0.4 is 11.1 Å². The Kier molecular flexibility index (Phi) is 7.10. The minimum absolute atomic E-state index is 0.149. The fourth-order valence-corrected chi connectivity index (χ4v) is 5.69. The van der Waals surface area contributed by atoms with E-state index in [1.807, 2.05) is 4.90 Å². The molecule has 32 heavy (non-hydrogen) atoms. The molecule has 1 saturated heterocycles. The maximum atomic E-state index is 12.8. The van der Waals surface area contributed by atoms with Gasteiger partial charge in [-0.05, 0) is 43.9 Å². The summed E-state index contributed by atoms with van der Waals surface area (Å²) in [5.74, 6) is -0.309. The summed E-state index contributed by atoms with van der Waals surface area (Å²) < 4.78 is 0. The number of hydrogen-bond acceptors (Lipinski definition) is 5. The Morgan fingerprint density at radius 1 is 1.09 bits per heavy atom. The molecule has 9 heteroatoms. The first kappa shape index (κ1) is 22.7. The largest absolute Gasteiger partial charge is 0.366 e. The van der Waals surface area contributed by atoms with E-state index in [4.69, 9.17) is 17.3 Å². The minimum atomic E-state index is -0.670. The number of piperidine rings is 1. The molecule has 2 fully saturated rings. The fraction of sp³-hybridized carbons (Fsp3) is 0.478. The summed E-state index contributed by atoms with van der Waals surface area (Å²) in [6, 6.07) is 4.56. The second kappa shape index (κ2) is 10.0. The lowest BCUT2D eigenvalue weighted by Crippen LogP contribution is -2.41. The molecule has 0 bridgehead atoms. The third kappa shape index (κ3) is 5.13. The highest BCUT2D eigenvalue weighted by Gasteiger charge is 2.30. The third-order valence-corrected chi connectivity index (χ3v) is 7.60. The van der Waals surface area contributed by atoms with E-state index in [9.17, 15) is 14.4 Å². The van der Waals surface area contributed by atoms with Crippen LogP contribution in [0.2, 0.25) is 5.02 Å². The zero-order chi connectivity index (χ0) is 22.7. The van der Waals surface area contributed by atoms with Gasteiger partial charge in [0.25, 0.3) is 11.8 Å². The number of thiazole rings is 1. The van der Waals surface area contributed by atoms with E-state index in [1.165, 1.54) is 23.8 Å². The first-order valence-electron chi connectivity index (χ1n) is 11.1. The maximum Gasteiger partial charge on any atom is 0.275 e. The predicted molar refractivity (Wildman–Crippen MR) is 125 cm³/mol. The van der Waals surface area contributed by atoms with E-state index in [0.717, 1.165) is 56.6 Å². The highest BCUT2D eigenvalue weighted by atomic mass is 35.5. The Morgan fingerprint density at radius 2 is 1.81 bits per heavy atom. The summed E-state index contributed by atoms with van der Waals surface area (Å²) in [6.07, 6.45) is 7.32. The molecule has 170 valence electrons. The zero-order valence-electron chi connectivity index (χ0n) is 17.8. The number of nitrogens with zero attached hydrogens (tertiary/aromatic N) is 2. The van der Waals surface area contributed by atoms with E-state index in [1.54, 1.807) is 17.5 Å². The van der Waals surface area contributed by atoms with E-state index in [-0.39, 0.29) is 17.4 Å². The van der Waals surface area contributed by atoms with Crippen LogP contribution in [0.3, 0.4) is 0 Å². The van der Waals surface area contributed by atoms with E-state index < -0.39 is 11.8 Å². The van der Waals surface area contributed by atoms with Gasteiger partial charge in [-0.2, -0.15) is 0 Å². The number of rotatable bonds is 5. The molecule has 2 heterocycles. The number of carbonyl (C=O) groups excluding carboxylic acids is 3. The standard InChI is InChI=1S/C23H27ClN4O3S/c24-16-6-7-18(17(12-16)20(25)29)26-21(30)19-13-32-22(27-19)14-8-10-28(11-9-14)23(31)15-4-2-1-3-5-15/h6-7,12-15H,1-5,8-11H2,(H2,25,29)(H,26,30). The summed E-state index contributed by atoms with van der Waals surface area (Å²) in [4.78, 5) is 43.7. The molecule has 2 aliphatic rings. The van der Waals surface area contributed by atoms with E-state index >= 15 is 0 Å². The lowest BCUT2D eigenvalue weighted by atomic mass is 9.87. The van der Waals surface area contributed by atoms with Gasteiger partial charge in [-0.25, -0.2) is 4.98 Å². The summed E-state index contributed by atoms with van der Waals surface area (Å²) in [5.41, 5.74) is 6.14. The van der Waals surface area contributed by atoms with Gasteiger partial charge in [-0.3, -0.25) is 14.4 Å². The molecule has 2 aromatic rings. The molecule has 1 aromatic carbocycles. The number of nitrogens with two attached hydrogens (primary N) is 1. The topological polar surface area (TPSA) is 105 Å². The number of anilines is 1. The second-order valence-corrected chi connectivity index (χ2v) is 9.84. The first-order valence-corrected chi connectivity index (χ1v) is 12.3. The quantitative estimate of drug-likeness (QED) is 0.668. The van der Waals surface area contributed by atoms with Crippen molar-refractivity contribution in [3.8, 4) is 0 Å². The van der Waals surface area contributed by atoms with Crippen LogP contribution in [0.25, 0.3) is 0 Å². The summed E-state index contributed by atoms with van der Waals surface area (Å²) in [5, 5.41) is 5.70. The number of likely N-dealkylation sites (tertiary alicyclic amines) is 1. The van der Waals surface area contributed by atoms with Gasteiger partial charge in [0.1, 0.15) is 5.69 Å². The van der Waals surface area contributed by atoms with E-state index in [2.05, 4.69) is 10.3 Å². The third-order valence-electron chi connectivity index (χ3n) is 6.36. The SMILES string of the molecule is NC(=O)c1cc(Cl)ccc1NC(=O)c1csc(C2CCN(C(=O)C3CCCCC3)CC2)n1. The van der Waals surface area contributed by atoms with Crippen molar-refractivity contribution in [1.82, 2.24) is 9.88 Å². The molecule has 0 spiro atoms. The van der Waals surface area contributed by atoms with Crippen LogP contribution in [-0.4, -0.2) is 40.7 Å². The number of nitrogens with one attached hydrogen (secondary N) is 1. The average molecular weight is 475 g/mol. The predicted octanol–water partition coefficient (Wildman–Crippen LogP) is 4.43. The van der Waals surface area contributed by atoms with Gasteiger partial charge in [0.2, 0.25) is 5.91 Å². The molecule has 1 saturated carbocycles. The monoisotopic (exact) mass is 474 g/mol. The van der Waals surface area contributed by atoms with Gasteiger partial charge >= 0.3 is 0 Å². The Balaban J connectivity index is 1.36.